The second-order valence-electron chi connectivity index (χ2n) is 4.72. The van der Waals surface area contributed by atoms with Crippen molar-refractivity contribution in [2.24, 2.45) is 0 Å². The third-order valence-electron chi connectivity index (χ3n) is 3.63. The highest BCUT2D eigenvalue weighted by Crippen LogP contribution is 2.36. The largest absolute Gasteiger partial charge is 0.389 e. The van der Waals surface area contributed by atoms with E-state index in [-0.39, 0.29) is 5.92 Å². The molecule has 1 atom stereocenters. The SMILES string of the molecule is CC[C@H](c1ccc(Cl)cn1)C1(O)CCNCC1. The predicted molar refractivity (Wildman–Crippen MR) is 69.3 cm³/mol. The summed E-state index contributed by atoms with van der Waals surface area (Å²) >= 11 is 5.85. The Labute approximate surface area is 107 Å². The van der Waals surface area contributed by atoms with E-state index in [1.807, 2.05) is 12.1 Å². The highest BCUT2D eigenvalue weighted by molar-refractivity contribution is 6.30. The first-order chi connectivity index (χ1) is 8.15. The number of halogens is 1. The molecule has 0 bridgehead atoms. The van der Waals surface area contributed by atoms with Gasteiger partial charge in [0.2, 0.25) is 0 Å². The number of rotatable bonds is 3. The Balaban J connectivity index is 2.22. The van der Waals surface area contributed by atoms with E-state index in [0.717, 1.165) is 38.0 Å². The molecule has 2 N–H and O–H groups in total. The van der Waals surface area contributed by atoms with Crippen LogP contribution in [-0.4, -0.2) is 28.8 Å². The van der Waals surface area contributed by atoms with Gasteiger partial charge in [0.1, 0.15) is 0 Å². The fourth-order valence-corrected chi connectivity index (χ4v) is 2.78. The van der Waals surface area contributed by atoms with Crippen LogP contribution in [0.15, 0.2) is 18.3 Å². The molecule has 0 radical (unpaired) electrons. The molecule has 94 valence electrons. The molecule has 0 aliphatic carbocycles. The average molecular weight is 255 g/mol. The zero-order chi connectivity index (χ0) is 12.3. The van der Waals surface area contributed by atoms with Crippen molar-refractivity contribution >= 4 is 11.6 Å². The van der Waals surface area contributed by atoms with Crippen LogP contribution in [0.1, 0.15) is 37.8 Å². The molecule has 0 aromatic carbocycles. The molecule has 3 nitrogen and oxygen atoms in total. The molecule has 1 aliphatic heterocycles. The van der Waals surface area contributed by atoms with Gasteiger partial charge in [0.15, 0.2) is 0 Å². The van der Waals surface area contributed by atoms with Crippen LogP contribution >= 0.6 is 11.6 Å². The van der Waals surface area contributed by atoms with Crippen LogP contribution < -0.4 is 5.32 Å². The van der Waals surface area contributed by atoms with E-state index >= 15 is 0 Å². The van der Waals surface area contributed by atoms with E-state index < -0.39 is 5.60 Å². The Bertz CT molecular complexity index is 360. The molecule has 0 saturated carbocycles. The molecule has 0 spiro atoms. The van der Waals surface area contributed by atoms with Gasteiger partial charge in [-0.15, -0.1) is 0 Å². The van der Waals surface area contributed by atoms with Gasteiger partial charge in [0.25, 0.3) is 0 Å². The summed E-state index contributed by atoms with van der Waals surface area (Å²) in [6, 6.07) is 3.77. The van der Waals surface area contributed by atoms with Crippen LogP contribution in [0, 0.1) is 0 Å². The number of aromatic nitrogens is 1. The van der Waals surface area contributed by atoms with E-state index in [2.05, 4.69) is 17.2 Å². The van der Waals surface area contributed by atoms with E-state index in [0.29, 0.717) is 5.02 Å². The van der Waals surface area contributed by atoms with Crippen LogP contribution in [-0.2, 0) is 0 Å². The van der Waals surface area contributed by atoms with E-state index in [1.54, 1.807) is 6.20 Å². The summed E-state index contributed by atoms with van der Waals surface area (Å²) in [7, 11) is 0. The standard InChI is InChI=1S/C13H19ClN2O/c1-2-11(12-4-3-10(14)9-16-12)13(17)5-7-15-8-6-13/h3-4,9,11,15,17H,2,5-8H2,1H3/t11-/m1/s1. The molecule has 17 heavy (non-hydrogen) atoms. The van der Waals surface area contributed by atoms with Gasteiger partial charge in [-0.25, -0.2) is 0 Å². The van der Waals surface area contributed by atoms with Crippen LogP contribution in [0.4, 0.5) is 0 Å². The molecule has 1 fully saturated rings. The maximum Gasteiger partial charge on any atom is 0.0755 e. The maximum atomic E-state index is 10.7. The molecule has 4 heteroatoms. The minimum Gasteiger partial charge on any atom is -0.389 e. The van der Waals surface area contributed by atoms with Gasteiger partial charge in [-0.2, -0.15) is 0 Å². The van der Waals surface area contributed by atoms with Crippen molar-refractivity contribution in [3.8, 4) is 0 Å². The van der Waals surface area contributed by atoms with Gasteiger partial charge in [-0.3, -0.25) is 4.98 Å². The summed E-state index contributed by atoms with van der Waals surface area (Å²) in [5.74, 6) is 0.0990. The second-order valence-corrected chi connectivity index (χ2v) is 5.15. The summed E-state index contributed by atoms with van der Waals surface area (Å²) in [5, 5.41) is 14.7. The molecule has 1 aliphatic rings. The highest BCUT2D eigenvalue weighted by atomic mass is 35.5. The number of nitrogens with zero attached hydrogens (tertiary/aromatic N) is 1. The predicted octanol–water partition coefficient (Wildman–Crippen LogP) is 2.34. The zero-order valence-electron chi connectivity index (χ0n) is 10.1. The van der Waals surface area contributed by atoms with Crippen molar-refractivity contribution in [2.45, 2.75) is 37.7 Å². The lowest BCUT2D eigenvalue weighted by molar-refractivity contribution is -0.0181. The number of piperidine rings is 1. The van der Waals surface area contributed by atoms with Gasteiger partial charge >= 0.3 is 0 Å². The van der Waals surface area contributed by atoms with Crippen LogP contribution in [0.5, 0.6) is 0 Å². The number of aliphatic hydroxyl groups is 1. The minimum atomic E-state index is -0.624. The van der Waals surface area contributed by atoms with Crippen molar-refractivity contribution in [1.82, 2.24) is 10.3 Å². The number of hydrogen-bond donors (Lipinski definition) is 2. The summed E-state index contributed by atoms with van der Waals surface area (Å²) in [4.78, 5) is 4.36. The van der Waals surface area contributed by atoms with Crippen molar-refractivity contribution in [3.05, 3.63) is 29.0 Å². The van der Waals surface area contributed by atoms with Crippen molar-refractivity contribution in [1.29, 1.82) is 0 Å². The van der Waals surface area contributed by atoms with E-state index in [9.17, 15) is 5.11 Å². The van der Waals surface area contributed by atoms with Crippen LogP contribution in [0.2, 0.25) is 5.02 Å². The molecular formula is C13H19ClN2O. The van der Waals surface area contributed by atoms with E-state index in [4.69, 9.17) is 11.6 Å². The number of pyridine rings is 1. The lowest BCUT2D eigenvalue weighted by atomic mass is 9.76. The maximum absolute atomic E-state index is 10.7. The fraction of sp³-hybridized carbons (Fsp3) is 0.615. The van der Waals surface area contributed by atoms with Gasteiger partial charge in [-0.05, 0) is 44.5 Å². The Morgan fingerprint density at radius 2 is 2.18 bits per heavy atom. The highest BCUT2D eigenvalue weighted by Gasteiger charge is 2.38. The smallest absolute Gasteiger partial charge is 0.0755 e. The first kappa shape index (κ1) is 12.8. The molecule has 2 heterocycles. The van der Waals surface area contributed by atoms with Crippen LogP contribution in [0.25, 0.3) is 0 Å². The molecule has 1 saturated heterocycles. The zero-order valence-corrected chi connectivity index (χ0v) is 10.9. The van der Waals surface area contributed by atoms with Gasteiger partial charge in [0.05, 0.1) is 10.6 Å². The van der Waals surface area contributed by atoms with Crippen molar-refractivity contribution in [3.63, 3.8) is 0 Å². The molecule has 1 aromatic heterocycles. The second kappa shape index (κ2) is 5.34. The monoisotopic (exact) mass is 254 g/mol. The first-order valence-corrected chi connectivity index (χ1v) is 6.58. The normalized spacial score (nSPS) is 21.1. The number of hydrogen-bond acceptors (Lipinski definition) is 3. The van der Waals surface area contributed by atoms with Gasteiger partial charge < -0.3 is 10.4 Å². The Hall–Kier alpha value is -0.640. The summed E-state index contributed by atoms with van der Waals surface area (Å²) in [6.45, 7) is 3.85. The third kappa shape index (κ3) is 2.79. The van der Waals surface area contributed by atoms with E-state index in [1.165, 1.54) is 0 Å². The molecule has 0 unspecified atom stereocenters. The summed E-state index contributed by atoms with van der Waals surface area (Å²) in [6.07, 6.45) is 4.13. The average Bonchev–Trinajstić information content (AvgIpc) is 2.33. The number of nitrogens with one attached hydrogen (secondary N) is 1. The van der Waals surface area contributed by atoms with Crippen molar-refractivity contribution in [2.75, 3.05) is 13.1 Å². The fourth-order valence-electron chi connectivity index (χ4n) is 2.67. The Morgan fingerprint density at radius 3 is 2.71 bits per heavy atom. The molecule has 2 rings (SSSR count). The first-order valence-electron chi connectivity index (χ1n) is 6.20. The molecule has 0 amide bonds. The lowest BCUT2D eigenvalue weighted by Crippen LogP contribution is -2.46. The van der Waals surface area contributed by atoms with Crippen molar-refractivity contribution < 1.29 is 5.11 Å². The van der Waals surface area contributed by atoms with Gasteiger partial charge in [-0.1, -0.05) is 18.5 Å². The quantitative estimate of drug-likeness (QED) is 0.870. The lowest BCUT2D eigenvalue weighted by Gasteiger charge is -2.39. The minimum absolute atomic E-state index is 0.0990. The molecule has 1 aromatic rings. The third-order valence-corrected chi connectivity index (χ3v) is 3.86. The Kier molecular flexibility index (Phi) is 4.02. The van der Waals surface area contributed by atoms with Crippen LogP contribution in [0.3, 0.4) is 0 Å². The summed E-state index contributed by atoms with van der Waals surface area (Å²) in [5.41, 5.74) is 0.321. The topological polar surface area (TPSA) is 45.2 Å². The Morgan fingerprint density at radius 1 is 1.47 bits per heavy atom. The van der Waals surface area contributed by atoms with Gasteiger partial charge in [0, 0.05) is 17.8 Å². The molecular weight excluding hydrogens is 236 g/mol. The summed E-state index contributed by atoms with van der Waals surface area (Å²) < 4.78 is 0.